The summed E-state index contributed by atoms with van der Waals surface area (Å²) < 4.78 is 72.0. The maximum absolute atomic E-state index is 12.3. The van der Waals surface area contributed by atoms with Crippen molar-refractivity contribution in [2.24, 2.45) is 5.92 Å². The van der Waals surface area contributed by atoms with Crippen molar-refractivity contribution < 1.29 is 31.1 Å². The Kier molecular flexibility index (Phi) is 5.30. The molecule has 0 amide bonds. The summed E-state index contributed by atoms with van der Waals surface area (Å²) in [7, 11) is -3.59. The van der Waals surface area contributed by atoms with Crippen molar-refractivity contribution in [3.05, 3.63) is 29.8 Å². The Bertz CT molecular complexity index is 598. The van der Waals surface area contributed by atoms with E-state index in [1.54, 1.807) is 0 Å². The number of para-hydroxylation sites is 1. The maximum atomic E-state index is 12.3. The number of rotatable bonds is 6. The average molecular weight is 339 g/mol. The van der Waals surface area contributed by atoms with Gasteiger partial charge in [-0.05, 0) is 18.4 Å². The number of alkyl halides is 3. The number of halogens is 3. The molecule has 0 saturated carbocycles. The van der Waals surface area contributed by atoms with Crippen molar-refractivity contribution >= 4 is 10.0 Å². The van der Waals surface area contributed by atoms with Crippen LogP contribution in [0.15, 0.2) is 24.3 Å². The largest absolute Gasteiger partial charge is 0.573 e. The summed E-state index contributed by atoms with van der Waals surface area (Å²) in [4.78, 5) is 0. The van der Waals surface area contributed by atoms with E-state index in [4.69, 9.17) is 4.74 Å². The first-order valence-corrected chi connectivity index (χ1v) is 8.29. The van der Waals surface area contributed by atoms with Gasteiger partial charge in [0, 0.05) is 18.7 Å². The van der Waals surface area contributed by atoms with Gasteiger partial charge in [0.05, 0.1) is 12.4 Å². The fraction of sp³-hybridized carbons (Fsp3) is 0.538. The molecule has 0 radical (unpaired) electrons. The van der Waals surface area contributed by atoms with E-state index in [9.17, 15) is 21.6 Å². The van der Waals surface area contributed by atoms with Gasteiger partial charge in [-0.15, -0.1) is 13.2 Å². The van der Waals surface area contributed by atoms with Crippen molar-refractivity contribution in [2.45, 2.75) is 19.3 Å². The van der Waals surface area contributed by atoms with Gasteiger partial charge in [0.15, 0.2) is 0 Å². The van der Waals surface area contributed by atoms with Crippen LogP contribution < -0.4 is 9.46 Å². The molecular weight excluding hydrogens is 323 g/mol. The molecule has 1 aromatic carbocycles. The minimum absolute atomic E-state index is 0.0841. The number of sulfonamides is 1. The monoisotopic (exact) mass is 339 g/mol. The van der Waals surface area contributed by atoms with Gasteiger partial charge >= 0.3 is 6.36 Å². The molecule has 2 rings (SSSR count). The van der Waals surface area contributed by atoms with Crippen molar-refractivity contribution in [3.8, 4) is 5.75 Å². The quantitative estimate of drug-likeness (QED) is 0.861. The van der Waals surface area contributed by atoms with Gasteiger partial charge in [-0.3, -0.25) is 0 Å². The highest BCUT2D eigenvalue weighted by Crippen LogP contribution is 2.26. The van der Waals surface area contributed by atoms with Crippen molar-refractivity contribution in [3.63, 3.8) is 0 Å². The Labute approximate surface area is 126 Å². The predicted octanol–water partition coefficient (Wildman–Crippen LogP) is 2.04. The summed E-state index contributed by atoms with van der Waals surface area (Å²) in [6, 6.07) is 5.41. The lowest BCUT2D eigenvalue weighted by Crippen LogP contribution is -2.30. The summed E-state index contributed by atoms with van der Waals surface area (Å²) in [5.74, 6) is -0.601. The minimum Gasteiger partial charge on any atom is -0.405 e. The molecule has 1 aromatic rings. The standard InChI is InChI=1S/C13H16F3NO4S/c14-13(15,16)21-12-4-2-1-3-11(12)7-17-22(18,19)9-10-5-6-20-8-10/h1-4,10,17H,5-9H2/t10-/m1/s1. The van der Waals surface area contributed by atoms with Crippen LogP contribution in [0.1, 0.15) is 12.0 Å². The second-order valence-electron chi connectivity index (χ2n) is 4.99. The third kappa shape index (κ3) is 5.47. The third-order valence-electron chi connectivity index (χ3n) is 3.16. The number of hydrogen-bond donors (Lipinski definition) is 1. The van der Waals surface area contributed by atoms with Crippen LogP contribution in [0.5, 0.6) is 5.75 Å². The lowest BCUT2D eigenvalue weighted by molar-refractivity contribution is -0.274. The number of nitrogens with one attached hydrogen (secondary N) is 1. The van der Waals surface area contributed by atoms with Gasteiger partial charge in [-0.1, -0.05) is 18.2 Å². The molecule has 22 heavy (non-hydrogen) atoms. The second kappa shape index (κ2) is 6.84. The lowest BCUT2D eigenvalue weighted by Gasteiger charge is -2.14. The Morgan fingerprint density at radius 2 is 2.05 bits per heavy atom. The third-order valence-corrected chi connectivity index (χ3v) is 4.65. The molecule has 0 bridgehead atoms. The molecule has 1 fully saturated rings. The summed E-state index contributed by atoms with van der Waals surface area (Å²) >= 11 is 0. The van der Waals surface area contributed by atoms with E-state index in [2.05, 4.69) is 9.46 Å². The van der Waals surface area contributed by atoms with Gasteiger partial charge in [-0.2, -0.15) is 0 Å². The minimum atomic E-state index is -4.82. The van der Waals surface area contributed by atoms with Crippen molar-refractivity contribution in [1.29, 1.82) is 0 Å². The van der Waals surface area contributed by atoms with Crippen LogP contribution in [0.2, 0.25) is 0 Å². The van der Waals surface area contributed by atoms with Gasteiger partial charge < -0.3 is 9.47 Å². The van der Waals surface area contributed by atoms with Gasteiger partial charge in [0.1, 0.15) is 5.75 Å². The second-order valence-corrected chi connectivity index (χ2v) is 6.84. The van der Waals surface area contributed by atoms with E-state index in [0.717, 1.165) is 6.07 Å². The molecule has 1 saturated heterocycles. The highest BCUT2D eigenvalue weighted by atomic mass is 32.2. The van der Waals surface area contributed by atoms with E-state index in [-0.39, 0.29) is 23.8 Å². The Morgan fingerprint density at radius 3 is 2.68 bits per heavy atom. The first kappa shape index (κ1) is 17.0. The number of benzene rings is 1. The molecular formula is C13H16F3NO4S. The molecule has 124 valence electrons. The molecule has 1 aliphatic heterocycles. The zero-order valence-corrected chi connectivity index (χ0v) is 12.4. The van der Waals surface area contributed by atoms with Crippen LogP contribution >= 0.6 is 0 Å². The molecule has 1 atom stereocenters. The maximum Gasteiger partial charge on any atom is 0.573 e. The Hall–Kier alpha value is -1.32. The smallest absolute Gasteiger partial charge is 0.405 e. The van der Waals surface area contributed by atoms with E-state index in [1.807, 2.05) is 0 Å². The van der Waals surface area contributed by atoms with E-state index >= 15 is 0 Å². The normalized spacial score (nSPS) is 19.3. The molecule has 5 nitrogen and oxygen atoms in total. The molecule has 0 spiro atoms. The summed E-state index contributed by atoms with van der Waals surface area (Å²) in [5.41, 5.74) is 0.117. The van der Waals surface area contributed by atoms with Crippen molar-refractivity contribution in [2.75, 3.05) is 19.0 Å². The molecule has 0 aromatic heterocycles. The van der Waals surface area contributed by atoms with Crippen LogP contribution in [-0.4, -0.2) is 33.7 Å². The summed E-state index contributed by atoms with van der Waals surface area (Å²) in [6.07, 6.45) is -4.16. The van der Waals surface area contributed by atoms with Crippen LogP contribution in [0.3, 0.4) is 0 Å². The lowest BCUT2D eigenvalue weighted by atomic mass is 10.2. The van der Waals surface area contributed by atoms with Gasteiger partial charge in [0.2, 0.25) is 10.0 Å². The van der Waals surface area contributed by atoms with Crippen LogP contribution in [-0.2, 0) is 21.3 Å². The van der Waals surface area contributed by atoms with Crippen molar-refractivity contribution in [1.82, 2.24) is 4.72 Å². The summed E-state index contributed by atoms with van der Waals surface area (Å²) in [5, 5.41) is 0. The van der Waals surface area contributed by atoms with E-state index in [1.165, 1.54) is 18.2 Å². The molecule has 9 heteroatoms. The Balaban J connectivity index is 1.98. The van der Waals surface area contributed by atoms with Gasteiger partial charge in [-0.25, -0.2) is 13.1 Å². The summed E-state index contributed by atoms with van der Waals surface area (Å²) in [6.45, 7) is 0.652. The zero-order chi connectivity index (χ0) is 16.2. The SMILES string of the molecule is O=S(=O)(C[C@@H]1CCOC1)NCc1ccccc1OC(F)(F)F. The Morgan fingerprint density at radius 1 is 1.32 bits per heavy atom. The molecule has 1 N–H and O–H groups in total. The highest BCUT2D eigenvalue weighted by Gasteiger charge is 2.32. The first-order chi connectivity index (χ1) is 10.3. The van der Waals surface area contributed by atoms with E-state index in [0.29, 0.717) is 19.6 Å². The fourth-order valence-electron chi connectivity index (χ4n) is 2.15. The molecule has 1 heterocycles. The predicted molar refractivity (Wildman–Crippen MR) is 72.7 cm³/mol. The number of hydrogen-bond acceptors (Lipinski definition) is 4. The van der Waals surface area contributed by atoms with Crippen LogP contribution in [0.4, 0.5) is 13.2 Å². The van der Waals surface area contributed by atoms with Gasteiger partial charge in [0.25, 0.3) is 0 Å². The topological polar surface area (TPSA) is 64.6 Å². The highest BCUT2D eigenvalue weighted by molar-refractivity contribution is 7.89. The zero-order valence-electron chi connectivity index (χ0n) is 11.6. The molecule has 0 aliphatic carbocycles. The number of ether oxygens (including phenoxy) is 2. The average Bonchev–Trinajstić information content (AvgIpc) is 2.88. The van der Waals surface area contributed by atoms with E-state index < -0.39 is 22.1 Å². The first-order valence-electron chi connectivity index (χ1n) is 6.64. The van der Waals surface area contributed by atoms with Crippen LogP contribution in [0, 0.1) is 5.92 Å². The van der Waals surface area contributed by atoms with Crippen LogP contribution in [0.25, 0.3) is 0 Å². The molecule has 1 aliphatic rings. The molecule has 0 unspecified atom stereocenters. The fourth-order valence-corrected chi connectivity index (χ4v) is 3.52.